The molecule has 0 bridgehead atoms. The van der Waals surface area contributed by atoms with Crippen LogP contribution in [0, 0.1) is 6.92 Å². The fraction of sp³-hybridized carbons (Fsp3) is 0.391. The Morgan fingerprint density at radius 2 is 1.78 bits per heavy atom. The number of carbonyl (C=O) groups excluding carboxylic acids is 2. The number of hydrogen-bond donors (Lipinski definition) is 2. The third kappa shape index (κ3) is 5.66. The van der Waals surface area contributed by atoms with Gasteiger partial charge < -0.3 is 15.5 Å². The predicted octanol–water partition coefficient (Wildman–Crippen LogP) is 2.14. The smallest absolute Gasteiger partial charge is 0.313 e. The van der Waals surface area contributed by atoms with Crippen molar-refractivity contribution in [2.24, 2.45) is 0 Å². The minimum Gasteiger partial charge on any atom is -0.348 e. The van der Waals surface area contributed by atoms with Crippen molar-refractivity contribution < 1.29 is 18.0 Å². The number of nitrogens with zero attached hydrogens (tertiary/aromatic N) is 2. The monoisotopic (exact) mass is 458 g/mol. The van der Waals surface area contributed by atoms with E-state index in [2.05, 4.69) is 10.6 Å². The van der Waals surface area contributed by atoms with Gasteiger partial charge in [0.15, 0.2) is 0 Å². The highest BCUT2D eigenvalue weighted by atomic mass is 32.2. The molecule has 32 heavy (non-hydrogen) atoms. The average Bonchev–Trinajstić information content (AvgIpc) is 2.76. The van der Waals surface area contributed by atoms with Crippen molar-refractivity contribution in [3.05, 3.63) is 53.6 Å². The lowest BCUT2D eigenvalue weighted by atomic mass is 10.0. The molecule has 8 nitrogen and oxygen atoms in total. The molecule has 0 saturated heterocycles. The summed E-state index contributed by atoms with van der Waals surface area (Å²) >= 11 is 0. The fourth-order valence-corrected chi connectivity index (χ4v) is 5.10. The van der Waals surface area contributed by atoms with E-state index < -0.39 is 21.8 Å². The van der Waals surface area contributed by atoms with Crippen molar-refractivity contribution in [2.45, 2.75) is 31.1 Å². The minimum absolute atomic E-state index is 0.225. The van der Waals surface area contributed by atoms with E-state index in [1.165, 1.54) is 4.31 Å². The van der Waals surface area contributed by atoms with E-state index in [0.29, 0.717) is 30.9 Å². The molecule has 1 aliphatic heterocycles. The summed E-state index contributed by atoms with van der Waals surface area (Å²) in [5, 5.41) is 5.17. The molecular formula is C23H30N4O4S. The number of carbonyl (C=O) groups is 2. The van der Waals surface area contributed by atoms with Crippen molar-refractivity contribution in [1.82, 2.24) is 10.2 Å². The number of aryl methyl sites for hydroxylation is 2. The first kappa shape index (κ1) is 23.7. The molecule has 0 spiro atoms. The van der Waals surface area contributed by atoms with Crippen molar-refractivity contribution in [1.29, 1.82) is 0 Å². The van der Waals surface area contributed by atoms with Crippen LogP contribution in [0.5, 0.6) is 0 Å². The lowest BCUT2D eigenvalue weighted by Gasteiger charge is -2.31. The summed E-state index contributed by atoms with van der Waals surface area (Å²) in [6, 6.07) is 11.9. The molecule has 9 heteroatoms. The molecule has 2 aromatic carbocycles. The molecule has 0 atom stereocenters. The Hall–Kier alpha value is -2.91. The highest BCUT2D eigenvalue weighted by molar-refractivity contribution is 7.92. The molecule has 0 aliphatic carbocycles. The Kier molecular flexibility index (Phi) is 7.52. The molecule has 172 valence electrons. The largest absolute Gasteiger partial charge is 0.348 e. The summed E-state index contributed by atoms with van der Waals surface area (Å²) in [5.74, 6) is -1.50. The van der Waals surface area contributed by atoms with Gasteiger partial charge in [0.25, 0.3) is 10.0 Å². The number of fused-ring (bicyclic) bond motifs is 1. The van der Waals surface area contributed by atoms with E-state index >= 15 is 0 Å². The molecule has 0 saturated carbocycles. The van der Waals surface area contributed by atoms with Gasteiger partial charge in [0.2, 0.25) is 0 Å². The summed E-state index contributed by atoms with van der Waals surface area (Å²) in [5.41, 5.74) is 2.77. The molecule has 0 fully saturated rings. The Labute approximate surface area is 189 Å². The van der Waals surface area contributed by atoms with Crippen LogP contribution in [0.15, 0.2) is 47.4 Å². The molecule has 3 rings (SSSR count). The standard InChI is InChI=1S/C23H30N4O4S/c1-17-7-11-20(12-8-17)32(30,31)27-15-4-6-18-9-10-19(16-21(18)27)25-23(29)22(28)24-13-5-14-26(2)3/h7-12,16H,4-6,13-15H2,1-3H3,(H,24,28)(H,25,29). The Bertz CT molecular complexity index is 1080. The first-order valence-electron chi connectivity index (χ1n) is 10.6. The molecule has 0 unspecified atom stereocenters. The van der Waals surface area contributed by atoms with Crippen LogP contribution in [0.4, 0.5) is 11.4 Å². The number of anilines is 2. The predicted molar refractivity (Wildman–Crippen MR) is 125 cm³/mol. The summed E-state index contributed by atoms with van der Waals surface area (Å²) in [4.78, 5) is 26.6. The van der Waals surface area contributed by atoms with Gasteiger partial charge in [0, 0.05) is 18.8 Å². The van der Waals surface area contributed by atoms with Crippen molar-refractivity contribution >= 4 is 33.2 Å². The van der Waals surface area contributed by atoms with Gasteiger partial charge in [-0.15, -0.1) is 0 Å². The molecule has 2 aromatic rings. The summed E-state index contributed by atoms with van der Waals surface area (Å²) in [6.07, 6.45) is 2.19. The molecule has 1 heterocycles. The van der Waals surface area contributed by atoms with Gasteiger partial charge in [-0.25, -0.2) is 8.42 Å². The van der Waals surface area contributed by atoms with Crippen LogP contribution in [-0.2, 0) is 26.0 Å². The lowest BCUT2D eigenvalue weighted by Crippen LogP contribution is -2.37. The van der Waals surface area contributed by atoms with Gasteiger partial charge in [0.05, 0.1) is 10.6 Å². The normalized spacial score (nSPS) is 13.6. The zero-order valence-corrected chi connectivity index (χ0v) is 19.5. The van der Waals surface area contributed by atoms with Crippen LogP contribution in [0.2, 0.25) is 0 Å². The second-order valence-corrected chi connectivity index (χ2v) is 10.1. The van der Waals surface area contributed by atoms with Crippen LogP contribution < -0.4 is 14.9 Å². The first-order valence-corrected chi connectivity index (χ1v) is 12.1. The summed E-state index contributed by atoms with van der Waals surface area (Å²) in [6.45, 7) is 3.46. The van der Waals surface area contributed by atoms with Gasteiger partial charge in [-0.05, 0) is 76.7 Å². The van der Waals surface area contributed by atoms with Gasteiger partial charge in [0.1, 0.15) is 0 Å². The topological polar surface area (TPSA) is 98.8 Å². The minimum atomic E-state index is -3.74. The van der Waals surface area contributed by atoms with Gasteiger partial charge in [-0.2, -0.15) is 0 Å². The number of rotatable bonds is 7. The third-order valence-electron chi connectivity index (χ3n) is 5.30. The average molecular weight is 459 g/mol. The van der Waals surface area contributed by atoms with Crippen LogP contribution in [0.25, 0.3) is 0 Å². The van der Waals surface area contributed by atoms with Gasteiger partial charge in [-0.3, -0.25) is 13.9 Å². The second-order valence-electron chi connectivity index (χ2n) is 8.20. The van der Waals surface area contributed by atoms with Gasteiger partial charge >= 0.3 is 11.8 Å². The number of nitrogens with one attached hydrogen (secondary N) is 2. The molecular weight excluding hydrogens is 428 g/mol. The molecule has 2 N–H and O–H groups in total. The Balaban J connectivity index is 1.75. The van der Waals surface area contributed by atoms with Crippen molar-refractivity contribution in [2.75, 3.05) is 43.4 Å². The zero-order chi connectivity index (χ0) is 23.3. The molecule has 0 radical (unpaired) electrons. The van der Waals surface area contributed by atoms with Crippen molar-refractivity contribution in [3.8, 4) is 0 Å². The van der Waals surface area contributed by atoms with E-state index in [9.17, 15) is 18.0 Å². The van der Waals surface area contributed by atoms with E-state index in [1.54, 1.807) is 42.5 Å². The van der Waals surface area contributed by atoms with E-state index in [1.807, 2.05) is 25.9 Å². The highest BCUT2D eigenvalue weighted by Crippen LogP contribution is 2.34. The Morgan fingerprint density at radius 1 is 1.06 bits per heavy atom. The molecule has 1 aliphatic rings. The maximum atomic E-state index is 13.3. The SMILES string of the molecule is Cc1ccc(S(=O)(=O)N2CCCc3ccc(NC(=O)C(=O)NCCCN(C)C)cc32)cc1. The quantitative estimate of drug-likeness (QED) is 0.489. The van der Waals surface area contributed by atoms with E-state index in [4.69, 9.17) is 0 Å². The zero-order valence-electron chi connectivity index (χ0n) is 18.7. The highest BCUT2D eigenvalue weighted by Gasteiger charge is 2.29. The van der Waals surface area contributed by atoms with Crippen LogP contribution >= 0.6 is 0 Å². The Morgan fingerprint density at radius 3 is 2.47 bits per heavy atom. The van der Waals surface area contributed by atoms with E-state index in [0.717, 1.165) is 30.5 Å². The lowest BCUT2D eigenvalue weighted by molar-refractivity contribution is -0.136. The summed E-state index contributed by atoms with van der Waals surface area (Å²) in [7, 11) is 0.136. The molecule has 0 aromatic heterocycles. The fourth-order valence-electron chi connectivity index (χ4n) is 3.57. The van der Waals surface area contributed by atoms with E-state index in [-0.39, 0.29) is 4.90 Å². The number of benzene rings is 2. The van der Waals surface area contributed by atoms with Crippen LogP contribution in [0.1, 0.15) is 24.0 Å². The number of hydrogen-bond acceptors (Lipinski definition) is 5. The third-order valence-corrected chi connectivity index (χ3v) is 7.13. The first-order chi connectivity index (χ1) is 15.2. The molecule has 2 amide bonds. The summed E-state index contributed by atoms with van der Waals surface area (Å²) < 4.78 is 27.9. The van der Waals surface area contributed by atoms with Crippen molar-refractivity contribution in [3.63, 3.8) is 0 Å². The second kappa shape index (κ2) is 10.1. The number of amides is 2. The maximum Gasteiger partial charge on any atom is 0.313 e. The van der Waals surface area contributed by atoms with Crippen LogP contribution in [0.3, 0.4) is 0 Å². The maximum absolute atomic E-state index is 13.3. The number of sulfonamides is 1. The van der Waals surface area contributed by atoms with Gasteiger partial charge in [-0.1, -0.05) is 23.8 Å². The van der Waals surface area contributed by atoms with Crippen LogP contribution in [-0.4, -0.2) is 58.9 Å².